The fourth-order valence-corrected chi connectivity index (χ4v) is 1.38. The number of alkyl halides is 1. The monoisotopic (exact) mass is 257 g/mol. The van der Waals surface area contributed by atoms with Crippen LogP contribution in [0.5, 0.6) is 0 Å². The summed E-state index contributed by atoms with van der Waals surface area (Å²) in [6.45, 7) is 2.35. The van der Waals surface area contributed by atoms with Gasteiger partial charge in [-0.3, -0.25) is 4.79 Å². The first-order chi connectivity index (χ1) is 4.72. The minimum absolute atomic E-state index is 0.0721. The number of aliphatic hydroxyl groups is 1. The van der Waals surface area contributed by atoms with Gasteiger partial charge in [-0.1, -0.05) is 22.6 Å². The maximum absolute atomic E-state index is 10.7. The zero-order valence-corrected chi connectivity index (χ0v) is 8.17. The average molecular weight is 257 g/mol. The SMILES string of the molecule is CC(=O)N(CI)CCCO. The van der Waals surface area contributed by atoms with Gasteiger partial charge in [-0.05, 0) is 6.42 Å². The Hall–Kier alpha value is 0.160. The van der Waals surface area contributed by atoms with Crippen LogP contribution in [0, 0.1) is 0 Å². The Morgan fingerprint density at radius 2 is 2.30 bits per heavy atom. The minimum atomic E-state index is 0.0721. The number of aliphatic hydroxyl groups excluding tert-OH is 1. The Morgan fingerprint density at radius 1 is 1.70 bits per heavy atom. The topological polar surface area (TPSA) is 40.5 Å². The Labute approximate surface area is 74.5 Å². The second-order valence-corrected chi connectivity index (χ2v) is 2.66. The van der Waals surface area contributed by atoms with Crippen LogP contribution >= 0.6 is 22.6 Å². The second kappa shape index (κ2) is 5.91. The number of nitrogens with zero attached hydrogens (tertiary/aromatic N) is 1. The lowest BCUT2D eigenvalue weighted by molar-refractivity contribution is -0.127. The molecule has 0 rings (SSSR count). The average Bonchev–Trinajstić information content (AvgIpc) is 1.89. The molecule has 0 aliphatic carbocycles. The van der Waals surface area contributed by atoms with Crippen LogP contribution in [-0.2, 0) is 4.79 Å². The molecule has 0 radical (unpaired) electrons. The van der Waals surface area contributed by atoms with E-state index >= 15 is 0 Å². The van der Waals surface area contributed by atoms with Crippen LogP contribution in [0.3, 0.4) is 0 Å². The summed E-state index contributed by atoms with van der Waals surface area (Å²) >= 11 is 2.13. The first-order valence-electron chi connectivity index (χ1n) is 3.14. The molecule has 0 saturated carbocycles. The third-order valence-electron chi connectivity index (χ3n) is 1.18. The number of hydrogen-bond acceptors (Lipinski definition) is 2. The van der Waals surface area contributed by atoms with Gasteiger partial charge in [0.05, 0.1) is 4.55 Å². The van der Waals surface area contributed by atoms with E-state index in [4.69, 9.17) is 5.11 Å². The van der Waals surface area contributed by atoms with Crippen LogP contribution in [0.4, 0.5) is 0 Å². The molecule has 0 aliphatic rings. The highest BCUT2D eigenvalue weighted by atomic mass is 127. The zero-order chi connectivity index (χ0) is 7.98. The summed E-state index contributed by atoms with van der Waals surface area (Å²) in [6.07, 6.45) is 0.669. The fraction of sp³-hybridized carbons (Fsp3) is 0.833. The summed E-state index contributed by atoms with van der Waals surface area (Å²) in [6, 6.07) is 0. The van der Waals surface area contributed by atoms with Crippen molar-refractivity contribution in [2.45, 2.75) is 13.3 Å². The lowest BCUT2D eigenvalue weighted by atomic mass is 10.4. The molecule has 10 heavy (non-hydrogen) atoms. The van der Waals surface area contributed by atoms with E-state index in [-0.39, 0.29) is 12.5 Å². The molecule has 1 amide bonds. The molecule has 0 aromatic heterocycles. The summed E-state index contributed by atoms with van der Waals surface area (Å²) in [5.74, 6) is 0.0721. The molecule has 0 aromatic carbocycles. The first-order valence-corrected chi connectivity index (χ1v) is 4.67. The van der Waals surface area contributed by atoms with E-state index < -0.39 is 0 Å². The zero-order valence-electron chi connectivity index (χ0n) is 6.01. The summed E-state index contributed by atoms with van der Waals surface area (Å²) in [7, 11) is 0. The number of rotatable bonds is 4. The molecule has 3 nitrogen and oxygen atoms in total. The normalized spacial score (nSPS) is 9.50. The van der Waals surface area contributed by atoms with E-state index in [1.807, 2.05) is 0 Å². The second-order valence-electron chi connectivity index (χ2n) is 1.98. The smallest absolute Gasteiger partial charge is 0.220 e. The lowest BCUT2D eigenvalue weighted by Crippen LogP contribution is -2.28. The van der Waals surface area contributed by atoms with Gasteiger partial charge in [0.25, 0.3) is 0 Å². The van der Waals surface area contributed by atoms with Gasteiger partial charge >= 0.3 is 0 Å². The van der Waals surface area contributed by atoms with Gasteiger partial charge in [0, 0.05) is 20.1 Å². The van der Waals surface area contributed by atoms with Crippen molar-refractivity contribution in [1.29, 1.82) is 0 Å². The van der Waals surface area contributed by atoms with Gasteiger partial charge < -0.3 is 10.0 Å². The van der Waals surface area contributed by atoms with Gasteiger partial charge in [-0.25, -0.2) is 0 Å². The molecular formula is C6H12INO2. The van der Waals surface area contributed by atoms with Crippen LogP contribution in [0.25, 0.3) is 0 Å². The summed E-state index contributed by atoms with van der Waals surface area (Å²) in [5, 5.41) is 8.45. The van der Waals surface area contributed by atoms with Crippen LogP contribution in [-0.4, -0.2) is 33.6 Å². The fourth-order valence-electron chi connectivity index (χ4n) is 0.563. The van der Waals surface area contributed by atoms with Gasteiger partial charge in [-0.2, -0.15) is 0 Å². The number of carbonyl (C=O) groups is 1. The highest BCUT2D eigenvalue weighted by Gasteiger charge is 2.03. The van der Waals surface area contributed by atoms with E-state index in [1.165, 1.54) is 6.92 Å². The first kappa shape index (κ1) is 10.2. The van der Waals surface area contributed by atoms with Gasteiger partial charge in [0.2, 0.25) is 5.91 Å². The molecule has 0 heterocycles. The summed E-state index contributed by atoms with van der Waals surface area (Å²) in [5.41, 5.74) is 0. The van der Waals surface area contributed by atoms with Gasteiger partial charge in [0.15, 0.2) is 0 Å². The van der Waals surface area contributed by atoms with Crippen LogP contribution in [0.1, 0.15) is 13.3 Å². The standard InChI is InChI=1S/C6H12INO2/c1-6(10)8(5-7)3-2-4-9/h9H,2-5H2,1H3. The maximum Gasteiger partial charge on any atom is 0.220 e. The quantitative estimate of drug-likeness (QED) is 0.455. The molecule has 0 fully saturated rings. The van der Waals surface area contributed by atoms with Crippen molar-refractivity contribution >= 4 is 28.5 Å². The van der Waals surface area contributed by atoms with Crippen molar-refractivity contribution in [3.05, 3.63) is 0 Å². The Bertz CT molecular complexity index is 108. The van der Waals surface area contributed by atoms with Crippen molar-refractivity contribution in [2.24, 2.45) is 0 Å². The largest absolute Gasteiger partial charge is 0.396 e. The van der Waals surface area contributed by atoms with Crippen molar-refractivity contribution in [3.63, 3.8) is 0 Å². The van der Waals surface area contributed by atoms with Crippen molar-refractivity contribution in [3.8, 4) is 0 Å². The molecule has 1 N–H and O–H groups in total. The van der Waals surface area contributed by atoms with E-state index in [1.54, 1.807) is 4.90 Å². The molecule has 0 aromatic rings. The molecule has 0 unspecified atom stereocenters. The van der Waals surface area contributed by atoms with E-state index in [0.29, 0.717) is 17.5 Å². The van der Waals surface area contributed by atoms with Crippen LogP contribution in [0.2, 0.25) is 0 Å². The van der Waals surface area contributed by atoms with E-state index in [2.05, 4.69) is 22.6 Å². The van der Waals surface area contributed by atoms with E-state index in [0.717, 1.165) is 0 Å². The molecule has 0 spiro atoms. The lowest BCUT2D eigenvalue weighted by Gasteiger charge is -2.16. The molecule has 0 bridgehead atoms. The molecule has 0 saturated heterocycles. The summed E-state index contributed by atoms with van der Waals surface area (Å²) in [4.78, 5) is 12.4. The minimum Gasteiger partial charge on any atom is -0.396 e. The van der Waals surface area contributed by atoms with Gasteiger partial charge in [0.1, 0.15) is 0 Å². The Kier molecular flexibility index (Phi) is 6.00. The van der Waals surface area contributed by atoms with E-state index in [9.17, 15) is 4.79 Å². The van der Waals surface area contributed by atoms with Crippen molar-refractivity contribution in [2.75, 3.05) is 17.7 Å². The molecule has 4 heteroatoms. The molecule has 0 atom stereocenters. The highest BCUT2D eigenvalue weighted by Crippen LogP contribution is 1.96. The summed E-state index contributed by atoms with van der Waals surface area (Å²) < 4.78 is 0.701. The molecule has 0 aliphatic heterocycles. The number of carbonyl (C=O) groups excluding carboxylic acids is 1. The van der Waals surface area contributed by atoms with Crippen LogP contribution in [0.15, 0.2) is 0 Å². The number of halogens is 1. The van der Waals surface area contributed by atoms with Crippen molar-refractivity contribution < 1.29 is 9.90 Å². The van der Waals surface area contributed by atoms with Crippen molar-refractivity contribution in [1.82, 2.24) is 4.90 Å². The third-order valence-corrected chi connectivity index (χ3v) is 2.00. The maximum atomic E-state index is 10.7. The van der Waals surface area contributed by atoms with Gasteiger partial charge in [-0.15, -0.1) is 0 Å². The third kappa shape index (κ3) is 4.05. The predicted octanol–water partition coefficient (Wildman–Crippen LogP) is 0.610. The van der Waals surface area contributed by atoms with Crippen LogP contribution < -0.4 is 0 Å². The highest BCUT2D eigenvalue weighted by molar-refractivity contribution is 14.1. The number of hydrogen-bond donors (Lipinski definition) is 1. The molecular weight excluding hydrogens is 245 g/mol. The predicted molar refractivity (Wildman–Crippen MR) is 48.0 cm³/mol. The molecule has 60 valence electrons. The Morgan fingerprint density at radius 3 is 2.60 bits per heavy atom. The number of amides is 1. The Balaban J connectivity index is 3.50.